The van der Waals surface area contributed by atoms with Crippen LogP contribution in [0.1, 0.15) is 19.8 Å². The van der Waals surface area contributed by atoms with Crippen molar-refractivity contribution in [1.82, 2.24) is 4.81 Å². The zero-order chi connectivity index (χ0) is 8.10. The SMILES string of the molecule is C[B]N1CCCC(C=CC)C1. The molecule has 0 aliphatic carbocycles. The van der Waals surface area contributed by atoms with E-state index in [0.29, 0.717) is 0 Å². The molecule has 11 heavy (non-hydrogen) atoms. The Balaban J connectivity index is 2.33. The summed E-state index contributed by atoms with van der Waals surface area (Å²) in [4.78, 5) is 2.41. The van der Waals surface area contributed by atoms with Crippen molar-refractivity contribution in [3.63, 3.8) is 0 Å². The van der Waals surface area contributed by atoms with Crippen LogP contribution in [0, 0.1) is 5.92 Å². The lowest BCUT2D eigenvalue weighted by Crippen LogP contribution is -2.36. The number of allylic oxidation sites excluding steroid dienone is 1. The summed E-state index contributed by atoms with van der Waals surface area (Å²) in [6.45, 7) is 6.71. The summed E-state index contributed by atoms with van der Waals surface area (Å²) in [5, 5.41) is 0. The maximum Gasteiger partial charge on any atom is 0.205 e. The second kappa shape index (κ2) is 4.60. The summed E-state index contributed by atoms with van der Waals surface area (Å²) in [5.41, 5.74) is 0. The molecular formula is C9H17BN. The van der Waals surface area contributed by atoms with Crippen molar-refractivity contribution < 1.29 is 0 Å². The summed E-state index contributed by atoms with van der Waals surface area (Å²) < 4.78 is 0. The molecule has 1 rings (SSSR count). The monoisotopic (exact) mass is 150 g/mol. The van der Waals surface area contributed by atoms with E-state index in [4.69, 9.17) is 0 Å². The molecular weight excluding hydrogens is 133 g/mol. The van der Waals surface area contributed by atoms with Crippen LogP contribution in [0.15, 0.2) is 12.2 Å². The first-order chi connectivity index (χ1) is 5.36. The summed E-state index contributed by atoms with van der Waals surface area (Å²) >= 11 is 0. The Kier molecular flexibility index (Phi) is 3.71. The first-order valence-electron chi connectivity index (χ1n) is 4.53. The van der Waals surface area contributed by atoms with Gasteiger partial charge in [-0.1, -0.05) is 19.0 Å². The molecule has 1 nitrogen and oxygen atoms in total. The topological polar surface area (TPSA) is 3.24 Å². The van der Waals surface area contributed by atoms with Gasteiger partial charge in [-0.05, 0) is 38.8 Å². The highest BCUT2D eigenvalue weighted by molar-refractivity contribution is 6.29. The number of rotatable bonds is 2. The van der Waals surface area contributed by atoms with Gasteiger partial charge >= 0.3 is 0 Å². The highest BCUT2D eigenvalue weighted by Crippen LogP contribution is 2.16. The average molecular weight is 150 g/mol. The molecule has 0 bridgehead atoms. The predicted molar refractivity (Wildman–Crippen MR) is 50.7 cm³/mol. The average Bonchev–Trinajstić information content (AvgIpc) is 2.06. The highest BCUT2D eigenvalue weighted by Gasteiger charge is 2.15. The van der Waals surface area contributed by atoms with Gasteiger partial charge in [0.2, 0.25) is 7.41 Å². The highest BCUT2D eigenvalue weighted by atomic mass is 15.0. The molecule has 0 aromatic rings. The third-order valence-corrected chi connectivity index (χ3v) is 2.32. The van der Waals surface area contributed by atoms with Gasteiger partial charge in [-0.2, -0.15) is 0 Å². The molecule has 1 radical (unpaired) electrons. The van der Waals surface area contributed by atoms with Gasteiger partial charge in [0.05, 0.1) is 0 Å². The van der Waals surface area contributed by atoms with Crippen LogP contribution in [0.3, 0.4) is 0 Å². The van der Waals surface area contributed by atoms with E-state index in [1.54, 1.807) is 0 Å². The van der Waals surface area contributed by atoms with Gasteiger partial charge in [-0.25, -0.2) is 0 Å². The molecule has 1 aliphatic rings. The van der Waals surface area contributed by atoms with Crippen LogP contribution in [0.5, 0.6) is 0 Å². The van der Waals surface area contributed by atoms with Crippen LogP contribution in [0.2, 0.25) is 6.82 Å². The molecule has 1 saturated heterocycles. The van der Waals surface area contributed by atoms with Gasteiger partial charge in [0.1, 0.15) is 0 Å². The van der Waals surface area contributed by atoms with E-state index in [9.17, 15) is 0 Å². The third-order valence-electron chi connectivity index (χ3n) is 2.32. The molecule has 1 fully saturated rings. The van der Waals surface area contributed by atoms with E-state index in [2.05, 4.69) is 38.1 Å². The first-order valence-corrected chi connectivity index (χ1v) is 4.53. The fourth-order valence-electron chi connectivity index (χ4n) is 1.70. The second-order valence-corrected chi connectivity index (χ2v) is 3.18. The zero-order valence-electron chi connectivity index (χ0n) is 7.59. The lowest BCUT2D eigenvalue weighted by atomic mass is 9.87. The molecule has 0 aromatic carbocycles. The Morgan fingerprint density at radius 2 is 2.36 bits per heavy atom. The van der Waals surface area contributed by atoms with E-state index in [0.717, 1.165) is 5.92 Å². The Bertz CT molecular complexity index is 134. The van der Waals surface area contributed by atoms with Crippen LogP contribution in [-0.4, -0.2) is 25.3 Å². The molecule has 2 heteroatoms. The number of hydrogen-bond acceptors (Lipinski definition) is 1. The minimum absolute atomic E-state index is 0.796. The molecule has 0 spiro atoms. The largest absolute Gasteiger partial charge is 0.346 e. The molecule has 0 aromatic heterocycles. The summed E-state index contributed by atoms with van der Waals surface area (Å²) in [6.07, 6.45) is 7.22. The molecule has 61 valence electrons. The summed E-state index contributed by atoms with van der Waals surface area (Å²) in [5.74, 6) is 0.796. The number of nitrogens with zero attached hydrogens (tertiary/aromatic N) is 1. The Morgan fingerprint density at radius 1 is 1.55 bits per heavy atom. The molecule has 1 unspecified atom stereocenters. The van der Waals surface area contributed by atoms with Crippen molar-refractivity contribution in [3.05, 3.63) is 12.2 Å². The summed E-state index contributed by atoms with van der Waals surface area (Å²) in [7, 11) is 2.20. The summed E-state index contributed by atoms with van der Waals surface area (Å²) in [6, 6.07) is 0. The predicted octanol–water partition coefficient (Wildman–Crippen LogP) is 1.94. The van der Waals surface area contributed by atoms with Gasteiger partial charge in [0.25, 0.3) is 0 Å². The van der Waals surface area contributed by atoms with Crippen LogP contribution in [0.4, 0.5) is 0 Å². The van der Waals surface area contributed by atoms with Crippen LogP contribution in [0.25, 0.3) is 0 Å². The number of piperidine rings is 1. The van der Waals surface area contributed by atoms with Crippen molar-refractivity contribution in [2.24, 2.45) is 5.92 Å². The van der Waals surface area contributed by atoms with Crippen LogP contribution in [-0.2, 0) is 0 Å². The second-order valence-electron chi connectivity index (χ2n) is 3.18. The standard InChI is InChI=1S/C9H17BN/c1-3-5-9-6-4-7-11(8-9)10-2/h3,5,9H,4,6-8H2,1-2H3. The molecule has 0 amide bonds. The normalized spacial score (nSPS) is 27.6. The van der Waals surface area contributed by atoms with Crippen molar-refractivity contribution in [2.75, 3.05) is 13.1 Å². The van der Waals surface area contributed by atoms with E-state index >= 15 is 0 Å². The van der Waals surface area contributed by atoms with Crippen molar-refractivity contribution in [1.29, 1.82) is 0 Å². The lowest BCUT2D eigenvalue weighted by molar-refractivity contribution is 0.309. The van der Waals surface area contributed by atoms with E-state index in [-0.39, 0.29) is 0 Å². The maximum atomic E-state index is 2.41. The minimum Gasteiger partial charge on any atom is -0.346 e. The minimum atomic E-state index is 0.796. The van der Waals surface area contributed by atoms with E-state index in [1.165, 1.54) is 25.9 Å². The van der Waals surface area contributed by atoms with Crippen LogP contribution < -0.4 is 0 Å². The maximum absolute atomic E-state index is 2.41. The van der Waals surface area contributed by atoms with Gasteiger partial charge in [-0.15, -0.1) is 0 Å². The quantitative estimate of drug-likeness (QED) is 0.429. The Morgan fingerprint density at radius 3 is 3.00 bits per heavy atom. The molecule has 1 aliphatic heterocycles. The first kappa shape index (κ1) is 8.86. The fraction of sp³-hybridized carbons (Fsp3) is 0.778. The Hall–Kier alpha value is -0.235. The zero-order valence-corrected chi connectivity index (χ0v) is 7.59. The Labute approximate surface area is 70.7 Å². The van der Waals surface area contributed by atoms with Gasteiger partial charge in [-0.3, -0.25) is 0 Å². The van der Waals surface area contributed by atoms with Crippen molar-refractivity contribution >= 4 is 7.41 Å². The van der Waals surface area contributed by atoms with Gasteiger partial charge in [0, 0.05) is 0 Å². The van der Waals surface area contributed by atoms with Gasteiger partial charge < -0.3 is 4.81 Å². The van der Waals surface area contributed by atoms with Crippen molar-refractivity contribution in [2.45, 2.75) is 26.6 Å². The van der Waals surface area contributed by atoms with Gasteiger partial charge in [0.15, 0.2) is 0 Å². The molecule has 1 atom stereocenters. The molecule has 1 heterocycles. The molecule has 0 N–H and O–H groups in total. The van der Waals surface area contributed by atoms with E-state index in [1.807, 2.05) is 0 Å². The van der Waals surface area contributed by atoms with Crippen molar-refractivity contribution in [3.8, 4) is 0 Å². The fourth-order valence-corrected chi connectivity index (χ4v) is 1.70. The van der Waals surface area contributed by atoms with Crippen LogP contribution >= 0.6 is 0 Å². The van der Waals surface area contributed by atoms with E-state index < -0.39 is 0 Å². The third kappa shape index (κ3) is 2.70. The smallest absolute Gasteiger partial charge is 0.205 e. The molecule has 0 saturated carbocycles. The lowest BCUT2D eigenvalue weighted by Gasteiger charge is -2.30. The number of hydrogen-bond donors (Lipinski definition) is 0.